The summed E-state index contributed by atoms with van der Waals surface area (Å²) in [5.41, 5.74) is 1.81. The van der Waals surface area contributed by atoms with E-state index in [2.05, 4.69) is 42.0 Å². The highest BCUT2D eigenvalue weighted by Crippen LogP contribution is 2.17. The van der Waals surface area contributed by atoms with Crippen molar-refractivity contribution in [1.82, 2.24) is 25.5 Å². The van der Waals surface area contributed by atoms with Crippen LogP contribution < -0.4 is 10.6 Å². The van der Waals surface area contributed by atoms with Gasteiger partial charge >= 0.3 is 0 Å². The first-order valence-electron chi connectivity index (χ1n) is 8.27. The maximum Gasteiger partial charge on any atom is 0.251 e. The molecule has 2 amide bonds. The van der Waals surface area contributed by atoms with Crippen LogP contribution in [0.15, 0.2) is 53.0 Å². The number of nitrogens with zero attached hydrogens (tertiary/aromatic N) is 4. The van der Waals surface area contributed by atoms with Gasteiger partial charge in [-0.3, -0.25) is 9.59 Å². The number of benzene rings is 2. The van der Waals surface area contributed by atoms with Crippen molar-refractivity contribution in [3.8, 4) is 11.4 Å². The molecule has 0 aliphatic heterocycles. The summed E-state index contributed by atoms with van der Waals surface area (Å²) in [6.45, 7) is 2.29. The second kappa shape index (κ2) is 8.54. The minimum absolute atomic E-state index is 0.0884. The van der Waals surface area contributed by atoms with Crippen LogP contribution in [0, 0.1) is 0 Å². The van der Waals surface area contributed by atoms with Crippen LogP contribution in [-0.2, 0) is 11.3 Å². The molecule has 8 nitrogen and oxygen atoms in total. The summed E-state index contributed by atoms with van der Waals surface area (Å²) < 4.78 is 0.952. The Kier molecular flexibility index (Phi) is 5.92. The molecule has 9 heteroatoms. The summed E-state index contributed by atoms with van der Waals surface area (Å²) in [5, 5.41) is 17.5. The van der Waals surface area contributed by atoms with E-state index in [0.29, 0.717) is 23.6 Å². The fourth-order valence-corrected chi connectivity index (χ4v) is 2.62. The van der Waals surface area contributed by atoms with E-state index in [-0.39, 0.29) is 18.4 Å². The van der Waals surface area contributed by atoms with Gasteiger partial charge in [-0.05, 0) is 54.6 Å². The Morgan fingerprint density at radius 1 is 1.15 bits per heavy atom. The Bertz CT molecular complexity index is 954. The summed E-state index contributed by atoms with van der Waals surface area (Å²) in [5.74, 6) is -0.0676. The topological polar surface area (TPSA) is 102 Å². The zero-order valence-electron chi connectivity index (χ0n) is 14.5. The predicted octanol–water partition coefficient (Wildman–Crippen LogP) is 2.49. The lowest BCUT2D eigenvalue weighted by atomic mass is 10.2. The third kappa shape index (κ3) is 4.98. The number of amides is 2. The summed E-state index contributed by atoms with van der Waals surface area (Å²) in [6, 6.07) is 14.2. The van der Waals surface area contributed by atoms with Crippen molar-refractivity contribution in [2.75, 3.05) is 11.9 Å². The Morgan fingerprint density at radius 2 is 1.93 bits per heavy atom. The number of halogens is 1. The van der Waals surface area contributed by atoms with Crippen LogP contribution in [0.25, 0.3) is 11.4 Å². The van der Waals surface area contributed by atoms with Crippen LogP contribution in [-0.4, -0.2) is 38.6 Å². The molecule has 0 saturated carbocycles. The third-order valence-electron chi connectivity index (χ3n) is 3.59. The molecule has 0 bridgehead atoms. The van der Waals surface area contributed by atoms with E-state index in [1.54, 1.807) is 24.3 Å². The molecule has 3 rings (SSSR count). The molecule has 0 atom stereocenters. The van der Waals surface area contributed by atoms with Gasteiger partial charge in [-0.15, -0.1) is 10.2 Å². The van der Waals surface area contributed by atoms with Crippen LogP contribution in [0.4, 0.5) is 5.69 Å². The molecular formula is C18H17BrN6O2. The number of nitrogens with one attached hydrogen (secondary N) is 2. The lowest BCUT2D eigenvalue weighted by molar-refractivity contribution is -0.117. The van der Waals surface area contributed by atoms with E-state index in [1.807, 2.05) is 31.2 Å². The number of rotatable bonds is 6. The maximum absolute atomic E-state index is 12.2. The number of carbonyl (C=O) groups is 2. The monoisotopic (exact) mass is 428 g/mol. The van der Waals surface area contributed by atoms with Gasteiger partial charge in [0.25, 0.3) is 5.91 Å². The van der Waals surface area contributed by atoms with Crippen molar-refractivity contribution < 1.29 is 9.59 Å². The number of tetrazole rings is 1. The number of hydrogen-bond acceptors (Lipinski definition) is 5. The molecule has 2 N–H and O–H groups in total. The number of carbonyl (C=O) groups excluding carboxylic acids is 2. The zero-order valence-corrected chi connectivity index (χ0v) is 16.1. The van der Waals surface area contributed by atoms with E-state index in [0.717, 1.165) is 10.0 Å². The lowest BCUT2D eigenvalue weighted by Crippen LogP contribution is -2.23. The summed E-state index contributed by atoms with van der Waals surface area (Å²) >= 11 is 3.37. The highest BCUT2D eigenvalue weighted by Gasteiger charge is 2.11. The quantitative estimate of drug-likeness (QED) is 0.627. The molecule has 27 heavy (non-hydrogen) atoms. The van der Waals surface area contributed by atoms with Gasteiger partial charge < -0.3 is 10.6 Å². The molecule has 1 heterocycles. The molecule has 0 fully saturated rings. The molecule has 138 valence electrons. The average molecular weight is 429 g/mol. The van der Waals surface area contributed by atoms with E-state index >= 15 is 0 Å². The summed E-state index contributed by atoms with van der Waals surface area (Å²) in [7, 11) is 0. The van der Waals surface area contributed by atoms with Gasteiger partial charge in [-0.1, -0.05) is 22.0 Å². The number of anilines is 1. The van der Waals surface area contributed by atoms with Gasteiger partial charge in [0.15, 0.2) is 0 Å². The zero-order chi connectivity index (χ0) is 19.2. The number of hydrogen-bond donors (Lipinski definition) is 2. The standard InChI is InChI=1S/C18H17BrN6O2/c1-2-20-18(27)13-4-3-5-15(10-13)21-16(26)11-25-23-17(22-24-25)12-6-8-14(19)9-7-12/h3-10H,2,11H2,1H3,(H,20,27)(H,21,26). The predicted molar refractivity (Wildman–Crippen MR) is 104 cm³/mol. The largest absolute Gasteiger partial charge is 0.352 e. The van der Waals surface area contributed by atoms with Crippen molar-refractivity contribution in [3.05, 3.63) is 58.6 Å². The minimum atomic E-state index is -0.317. The molecule has 0 radical (unpaired) electrons. The number of aromatic nitrogens is 4. The fraction of sp³-hybridized carbons (Fsp3) is 0.167. The second-order valence-corrected chi connectivity index (χ2v) is 6.55. The van der Waals surface area contributed by atoms with Gasteiger partial charge in [0.05, 0.1) is 0 Å². The van der Waals surface area contributed by atoms with E-state index < -0.39 is 0 Å². The van der Waals surface area contributed by atoms with E-state index in [9.17, 15) is 9.59 Å². The van der Waals surface area contributed by atoms with Crippen molar-refractivity contribution in [3.63, 3.8) is 0 Å². The first kappa shape index (κ1) is 18.7. The normalized spacial score (nSPS) is 10.4. The first-order chi connectivity index (χ1) is 13.0. The molecule has 3 aromatic rings. The lowest BCUT2D eigenvalue weighted by Gasteiger charge is -2.07. The molecule has 0 aliphatic rings. The van der Waals surface area contributed by atoms with Crippen molar-refractivity contribution in [2.24, 2.45) is 0 Å². The molecule has 0 saturated heterocycles. The Balaban J connectivity index is 1.64. The minimum Gasteiger partial charge on any atom is -0.352 e. The van der Waals surface area contributed by atoms with Crippen LogP contribution in [0.3, 0.4) is 0 Å². The Hall–Kier alpha value is -3.07. The van der Waals surface area contributed by atoms with Crippen LogP contribution in [0.1, 0.15) is 17.3 Å². The van der Waals surface area contributed by atoms with E-state index in [4.69, 9.17) is 0 Å². The third-order valence-corrected chi connectivity index (χ3v) is 4.11. The Labute approximate surface area is 164 Å². The highest BCUT2D eigenvalue weighted by molar-refractivity contribution is 9.10. The molecule has 0 spiro atoms. The van der Waals surface area contributed by atoms with Gasteiger partial charge in [-0.2, -0.15) is 4.80 Å². The fourth-order valence-electron chi connectivity index (χ4n) is 2.35. The van der Waals surface area contributed by atoms with Gasteiger partial charge in [0.1, 0.15) is 6.54 Å². The molecular weight excluding hydrogens is 412 g/mol. The van der Waals surface area contributed by atoms with Crippen molar-refractivity contribution in [1.29, 1.82) is 0 Å². The summed E-state index contributed by atoms with van der Waals surface area (Å²) in [4.78, 5) is 25.3. The van der Waals surface area contributed by atoms with Gasteiger partial charge in [0.2, 0.25) is 11.7 Å². The van der Waals surface area contributed by atoms with Gasteiger partial charge in [-0.25, -0.2) is 0 Å². The van der Waals surface area contributed by atoms with Crippen molar-refractivity contribution in [2.45, 2.75) is 13.5 Å². The highest BCUT2D eigenvalue weighted by atomic mass is 79.9. The molecule has 1 aromatic heterocycles. The maximum atomic E-state index is 12.2. The smallest absolute Gasteiger partial charge is 0.251 e. The second-order valence-electron chi connectivity index (χ2n) is 5.64. The summed E-state index contributed by atoms with van der Waals surface area (Å²) in [6.07, 6.45) is 0. The average Bonchev–Trinajstić information content (AvgIpc) is 3.11. The Morgan fingerprint density at radius 3 is 2.67 bits per heavy atom. The molecule has 2 aromatic carbocycles. The van der Waals surface area contributed by atoms with E-state index in [1.165, 1.54) is 4.80 Å². The van der Waals surface area contributed by atoms with Crippen LogP contribution in [0.5, 0.6) is 0 Å². The van der Waals surface area contributed by atoms with Gasteiger partial charge in [0, 0.05) is 27.8 Å². The van der Waals surface area contributed by atoms with Crippen LogP contribution >= 0.6 is 15.9 Å². The van der Waals surface area contributed by atoms with Crippen molar-refractivity contribution >= 4 is 33.4 Å². The first-order valence-corrected chi connectivity index (χ1v) is 9.06. The SMILES string of the molecule is CCNC(=O)c1cccc(NC(=O)Cn2nnc(-c3ccc(Br)cc3)n2)c1. The molecule has 0 unspecified atom stereocenters. The molecule has 0 aliphatic carbocycles. The van der Waals surface area contributed by atoms with Crippen LogP contribution in [0.2, 0.25) is 0 Å².